The Kier molecular flexibility index (Phi) is 7.67. The first-order valence-corrected chi connectivity index (χ1v) is 17.1. The van der Waals surface area contributed by atoms with E-state index in [0.717, 1.165) is 55.9 Å². The number of benzene rings is 6. The van der Waals surface area contributed by atoms with E-state index in [9.17, 15) is 24.6 Å². The standard InChI is InChI=1S/C45H28N4O5/c50-41-35-23-31(39-37(25-7-3-1-4-8-25)46-42(48-39)27-11-15-29(16-12-27)44(51)52)19-21-33(35)34-22-20-32(24-36(34)41)40-38(26-9-5-2-6-10-26)47-43(49-40)28-13-17-30(18-14-28)45(53)54/h1-24H,(H,46,48)(H,47,49)(H,51,52)(H,53,54). The molecule has 2 aromatic heterocycles. The molecule has 0 amide bonds. The summed E-state index contributed by atoms with van der Waals surface area (Å²) in [6.07, 6.45) is 0. The lowest BCUT2D eigenvalue weighted by Crippen LogP contribution is -1.96. The topological polar surface area (TPSA) is 149 Å². The molecule has 6 aromatic carbocycles. The Bertz CT molecular complexity index is 2580. The van der Waals surface area contributed by atoms with E-state index in [-0.39, 0.29) is 16.9 Å². The molecule has 0 bridgehead atoms. The van der Waals surface area contributed by atoms with Gasteiger partial charge in [-0.05, 0) is 47.5 Å². The first-order chi connectivity index (χ1) is 26.3. The van der Waals surface area contributed by atoms with Crippen LogP contribution in [-0.2, 0) is 0 Å². The Balaban J connectivity index is 1.10. The van der Waals surface area contributed by atoms with Crippen molar-refractivity contribution >= 4 is 17.7 Å². The van der Waals surface area contributed by atoms with Gasteiger partial charge >= 0.3 is 11.9 Å². The molecule has 0 fully saturated rings. The number of hydrogen-bond donors (Lipinski definition) is 4. The van der Waals surface area contributed by atoms with Crippen LogP contribution >= 0.6 is 0 Å². The summed E-state index contributed by atoms with van der Waals surface area (Å²) in [7, 11) is 0. The van der Waals surface area contributed by atoms with Gasteiger partial charge in [-0.1, -0.05) is 109 Å². The minimum absolute atomic E-state index is 0.102. The van der Waals surface area contributed by atoms with Crippen molar-refractivity contribution < 1.29 is 24.6 Å². The minimum atomic E-state index is -1.00. The van der Waals surface area contributed by atoms with Crippen molar-refractivity contribution in [2.75, 3.05) is 0 Å². The Morgan fingerprint density at radius 2 is 0.833 bits per heavy atom. The number of carboxylic acids is 2. The zero-order valence-corrected chi connectivity index (χ0v) is 28.4. The summed E-state index contributed by atoms with van der Waals surface area (Å²) in [4.78, 5) is 54.0. The fourth-order valence-corrected chi connectivity index (χ4v) is 6.98. The number of carbonyl (C=O) groups excluding carboxylic acids is 1. The summed E-state index contributed by atoms with van der Waals surface area (Å²) in [5.41, 5.74) is 10.9. The summed E-state index contributed by atoms with van der Waals surface area (Å²) in [5.74, 6) is -0.954. The highest BCUT2D eigenvalue weighted by Gasteiger charge is 2.29. The number of fused-ring (bicyclic) bond motifs is 3. The van der Waals surface area contributed by atoms with Crippen LogP contribution in [0.3, 0.4) is 0 Å². The van der Waals surface area contributed by atoms with Crippen LogP contribution in [0.4, 0.5) is 0 Å². The van der Waals surface area contributed by atoms with Gasteiger partial charge in [0.05, 0.1) is 33.9 Å². The summed E-state index contributed by atoms with van der Waals surface area (Å²) < 4.78 is 0. The molecule has 9 heteroatoms. The molecule has 0 saturated carbocycles. The zero-order valence-electron chi connectivity index (χ0n) is 28.4. The van der Waals surface area contributed by atoms with Crippen LogP contribution in [0.15, 0.2) is 146 Å². The number of nitrogens with zero attached hydrogens (tertiary/aromatic N) is 2. The number of aromatic amines is 2. The second-order valence-corrected chi connectivity index (χ2v) is 13.0. The van der Waals surface area contributed by atoms with E-state index in [1.54, 1.807) is 48.5 Å². The molecule has 0 radical (unpaired) electrons. The van der Waals surface area contributed by atoms with Gasteiger partial charge in [-0.2, -0.15) is 0 Å². The Hall–Kier alpha value is -7.65. The van der Waals surface area contributed by atoms with E-state index in [2.05, 4.69) is 9.97 Å². The number of H-pyrrole nitrogens is 2. The normalized spacial score (nSPS) is 11.7. The first-order valence-electron chi connectivity index (χ1n) is 17.1. The number of aromatic nitrogens is 4. The van der Waals surface area contributed by atoms with Crippen LogP contribution in [0.5, 0.6) is 0 Å². The molecule has 1 aliphatic carbocycles. The van der Waals surface area contributed by atoms with E-state index in [0.29, 0.717) is 34.2 Å². The second kappa shape index (κ2) is 12.8. The Morgan fingerprint density at radius 1 is 0.426 bits per heavy atom. The Labute approximate surface area is 308 Å². The molecular weight excluding hydrogens is 677 g/mol. The molecule has 4 N–H and O–H groups in total. The van der Waals surface area contributed by atoms with Crippen molar-refractivity contribution in [1.82, 2.24) is 19.9 Å². The van der Waals surface area contributed by atoms with Gasteiger partial charge in [0.15, 0.2) is 5.78 Å². The van der Waals surface area contributed by atoms with Crippen LogP contribution in [0.25, 0.3) is 78.9 Å². The van der Waals surface area contributed by atoms with Gasteiger partial charge in [-0.15, -0.1) is 0 Å². The average molecular weight is 705 g/mol. The van der Waals surface area contributed by atoms with E-state index < -0.39 is 11.9 Å². The molecule has 258 valence electrons. The maximum absolute atomic E-state index is 14.2. The van der Waals surface area contributed by atoms with Gasteiger partial charge in [0, 0.05) is 44.5 Å². The van der Waals surface area contributed by atoms with Crippen LogP contribution in [0.1, 0.15) is 36.6 Å². The lowest BCUT2D eigenvalue weighted by atomic mass is 9.98. The predicted molar refractivity (Wildman–Crippen MR) is 206 cm³/mol. The molecule has 0 atom stereocenters. The fraction of sp³-hybridized carbons (Fsp3) is 0. The third kappa shape index (κ3) is 5.57. The minimum Gasteiger partial charge on any atom is -0.478 e. The van der Waals surface area contributed by atoms with Gasteiger partial charge < -0.3 is 20.2 Å². The van der Waals surface area contributed by atoms with Crippen LogP contribution in [-0.4, -0.2) is 47.9 Å². The van der Waals surface area contributed by atoms with Crippen LogP contribution < -0.4 is 0 Å². The SMILES string of the molecule is O=C(O)c1ccc(-c2nc(-c3ccc4c(c3)C(=O)c3cc(-c5[nH]c(-c6ccc(C(=O)O)cc6)nc5-c5ccccc5)ccc3-4)c(-c3ccccc3)[nH]2)cc1. The first kappa shape index (κ1) is 32.3. The maximum atomic E-state index is 14.2. The number of rotatable bonds is 8. The average Bonchev–Trinajstić information content (AvgIpc) is 3.94. The lowest BCUT2D eigenvalue weighted by molar-refractivity contribution is 0.0686. The number of imidazole rings is 2. The zero-order chi connectivity index (χ0) is 36.9. The second-order valence-electron chi connectivity index (χ2n) is 13.0. The van der Waals surface area contributed by atoms with Crippen molar-refractivity contribution in [2.24, 2.45) is 0 Å². The van der Waals surface area contributed by atoms with Gasteiger partial charge in [0.25, 0.3) is 0 Å². The smallest absolute Gasteiger partial charge is 0.335 e. The molecule has 0 unspecified atom stereocenters. The van der Waals surface area contributed by atoms with E-state index in [1.165, 1.54) is 0 Å². The molecule has 0 spiro atoms. The molecular formula is C45H28N4O5. The van der Waals surface area contributed by atoms with Gasteiger partial charge in [-0.25, -0.2) is 19.6 Å². The lowest BCUT2D eigenvalue weighted by Gasteiger charge is -2.07. The third-order valence-corrected chi connectivity index (χ3v) is 9.71. The molecule has 2 heterocycles. The number of aromatic carboxylic acids is 2. The monoisotopic (exact) mass is 704 g/mol. The highest BCUT2D eigenvalue weighted by atomic mass is 16.4. The van der Waals surface area contributed by atoms with Crippen molar-refractivity contribution in [1.29, 1.82) is 0 Å². The van der Waals surface area contributed by atoms with E-state index >= 15 is 0 Å². The number of nitrogens with one attached hydrogen (secondary N) is 2. The van der Waals surface area contributed by atoms with Crippen LogP contribution in [0.2, 0.25) is 0 Å². The molecule has 1 aliphatic rings. The predicted octanol–water partition coefficient (Wildman–Crippen LogP) is 9.74. The summed E-state index contributed by atoms with van der Waals surface area (Å²) in [5, 5.41) is 18.8. The van der Waals surface area contributed by atoms with E-state index in [1.807, 2.05) is 97.1 Å². The molecule has 8 aromatic rings. The van der Waals surface area contributed by atoms with Crippen molar-refractivity contribution in [2.45, 2.75) is 0 Å². The molecule has 9 rings (SSSR count). The van der Waals surface area contributed by atoms with Crippen LogP contribution in [0, 0.1) is 0 Å². The molecule has 9 nitrogen and oxygen atoms in total. The maximum Gasteiger partial charge on any atom is 0.335 e. The number of hydrogen-bond acceptors (Lipinski definition) is 5. The number of carboxylic acid groups (broad SMARTS) is 2. The largest absolute Gasteiger partial charge is 0.478 e. The number of carbonyl (C=O) groups is 3. The highest BCUT2D eigenvalue weighted by Crippen LogP contribution is 2.43. The summed E-state index contributed by atoms with van der Waals surface area (Å²) >= 11 is 0. The highest BCUT2D eigenvalue weighted by molar-refractivity contribution is 6.22. The number of ketones is 1. The van der Waals surface area contributed by atoms with Crippen molar-refractivity contribution in [3.8, 4) is 78.9 Å². The van der Waals surface area contributed by atoms with Gasteiger partial charge in [0.1, 0.15) is 11.6 Å². The summed E-state index contributed by atoms with van der Waals surface area (Å²) in [6, 6.07) is 44.3. The van der Waals surface area contributed by atoms with Gasteiger partial charge in [-0.3, -0.25) is 4.79 Å². The van der Waals surface area contributed by atoms with Crippen molar-refractivity contribution in [3.05, 3.63) is 168 Å². The summed E-state index contributed by atoms with van der Waals surface area (Å²) in [6.45, 7) is 0. The third-order valence-electron chi connectivity index (χ3n) is 9.71. The Morgan fingerprint density at radius 3 is 1.33 bits per heavy atom. The molecule has 0 aliphatic heterocycles. The van der Waals surface area contributed by atoms with Gasteiger partial charge in [0.2, 0.25) is 0 Å². The molecule has 54 heavy (non-hydrogen) atoms. The fourth-order valence-electron chi connectivity index (χ4n) is 6.98. The molecule has 0 saturated heterocycles. The quantitative estimate of drug-likeness (QED) is 0.123. The van der Waals surface area contributed by atoms with Crippen molar-refractivity contribution in [3.63, 3.8) is 0 Å². The van der Waals surface area contributed by atoms with E-state index in [4.69, 9.17) is 9.97 Å².